The third-order valence-corrected chi connectivity index (χ3v) is 3.05. The number of hydrogen-bond donors (Lipinski definition) is 1. The van der Waals surface area contributed by atoms with Gasteiger partial charge >= 0.3 is 6.09 Å². The van der Waals surface area contributed by atoms with Gasteiger partial charge in [-0.2, -0.15) is 13.0 Å². The maximum absolute atomic E-state index is 12.9. The van der Waals surface area contributed by atoms with Gasteiger partial charge in [-0.3, -0.25) is 0 Å². The molecule has 86 valence electrons. The van der Waals surface area contributed by atoms with E-state index in [4.69, 9.17) is 4.74 Å². The van der Waals surface area contributed by atoms with Crippen LogP contribution in [0.4, 0.5) is 13.6 Å². The van der Waals surface area contributed by atoms with Crippen molar-refractivity contribution in [3.05, 3.63) is 6.04 Å². The second-order valence-corrected chi connectivity index (χ2v) is 3.99. The molecule has 6 heteroatoms. The van der Waals surface area contributed by atoms with Crippen molar-refractivity contribution in [3.63, 3.8) is 0 Å². The van der Waals surface area contributed by atoms with Crippen molar-refractivity contribution in [1.82, 2.24) is 5.32 Å². The van der Waals surface area contributed by atoms with Crippen molar-refractivity contribution in [3.8, 4) is 0 Å². The average Bonchev–Trinajstić information content (AvgIpc) is 2.35. The van der Waals surface area contributed by atoms with Gasteiger partial charge in [-0.25, -0.2) is 13.6 Å². The zero-order valence-electron chi connectivity index (χ0n) is 8.31. The van der Waals surface area contributed by atoms with Gasteiger partial charge in [-0.15, -0.1) is 0 Å². The fourth-order valence-electron chi connectivity index (χ4n) is 2.04. The van der Waals surface area contributed by atoms with Gasteiger partial charge in [-0.1, -0.05) is 0 Å². The summed E-state index contributed by atoms with van der Waals surface area (Å²) < 4.78 is 30.9. The predicted octanol–water partition coefficient (Wildman–Crippen LogP) is 2.22. The largest absolute Gasteiger partial charge is 0.476 e. The second kappa shape index (κ2) is 4.00. The fourth-order valence-corrected chi connectivity index (χ4v) is 2.04. The van der Waals surface area contributed by atoms with Crippen LogP contribution in [0.3, 0.4) is 0 Å². The van der Waals surface area contributed by atoms with Crippen LogP contribution in [0.25, 0.3) is 0 Å². The van der Waals surface area contributed by atoms with Gasteiger partial charge in [0.25, 0.3) is 0 Å². The van der Waals surface area contributed by atoms with E-state index in [9.17, 15) is 13.6 Å². The molecule has 15 heavy (non-hydrogen) atoms. The van der Waals surface area contributed by atoms with E-state index in [1.54, 1.807) is 6.92 Å². The quantitative estimate of drug-likeness (QED) is 0.550. The van der Waals surface area contributed by atoms with Crippen molar-refractivity contribution in [2.24, 2.45) is 0 Å². The van der Waals surface area contributed by atoms with Crippen LogP contribution < -0.4 is 5.32 Å². The maximum Gasteiger partial charge on any atom is 0.375 e. The summed E-state index contributed by atoms with van der Waals surface area (Å²) in [4.78, 5) is 10.9. The second-order valence-electron chi connectivity index (χ2n) is 3.99. The van der Waals surface area contributed by atoms with E-state index in [1.165, 1.54) is 0 Å². The first-order chi connectivity index (χ1) is 6.44. The zero-order chi connectivity index (χ0) is 10.4. The minimum atomic E-state index is -2.60. The van der Waals surface area contributed by atoms with E-state index < -0.39 is 17.6 Å². The summed E-state index contributed by atoms with van der Waals surface area (Å²) >= 11 is 0. The van der Waals surface area contributed by atoms with Crippen LogP contribution in [0, 0.1) is 6.04 Å². The number of halogens is 2. The van der Waals surface area contributed by atoms with Crippen molar-refractivity contribution < 1.29 is 39.4 Å². The molecule has 0 bridgehead atoms. The average molecular weight is 300 g/mol. The van der Waals surface area contributed by atoms with Crippen molar-refractivity contribution in [2.45, 2.75) is 44.1 Å². The molecule has 0 atom stereocenters. The van der Waals surface area contributed by atoms with Crippen LogP contribution in [0.15, 0.2) is 0 Å². The van der Waals surface area contributed by atoms with Gasteiger partial charge in [0.2, 0.25) is 5.92 Å². The maximum atomic E-state index is 12.9. The van der Waals surface area contributed by atoms with Crippen LogP contribution in [-0.2, 0) is 25.8 Å². The summed E-state index contributed by atoms with van der Waals surface area (Å²) in [6.07, 6.45) is -0.513. The van der Waals surface area contributed by atoms with Crippen LogP contribution in [-0.4, -0.2) is 17.6 Å². The Bertz CT molecular complexity index is 263. The number of nitrogens with one attached hydrogen (secondary N) is 1. The normalized spacial score (nSPS) is 28.1. The Kier molecular flexibility index (Phi) is 3.44. The smallest absolute Gasteiger partial charge is 0.375 e. The first-order valence-electron chi connectivity index (χ1n) is 4.65. The van der Waals surface area contributed by atoms with E-state index in [2.05, 4.69) is 5.32 Å². The number of rotatable bonds is 0. The molecule has 1 amide bonds. The van der Waals surface area contributed by atoms with Gasteiger partial charge < -0.3 is 10.1 Å². The molecule has 1 heterocycles. The Labute approximate surface area is 101 Å². The summed E-state index contributed by atoms with van der Waals surface area (Å²) in [5.74, 6) is -2.60. The third kappa shape index (κ3) is 2.32. The van der Waals surface area contributed by atoms with Crippen LogP contribution in [0.1, 0.15) is 32.6 Å². The summed E-state index contributed by atoms with van der Waals surface area (Å²) in [7, 11) is 0. The molecule has 0 aromatic rings. The number of carbonyl (C=O) groups excluding carboxylic acids is 1. The number of amides is 1. The Balaban J connectivity index is 0.00000112. The molecule has 1 N–H and O–H groups in total. The van der Waals surface area contributed by atoms with Crippen LogP contribution in [0.2, 0.25) is 0 Å². The molecule has 2 rings (SSSR count). The monoisotopic (exact) mass is 302 g/mol. The standard InChI is InChI=1S/C9H12F2NO2.Mo/c1-6-8(14-7(13)12-6)2-4-9(10,11)5-3-8;/h2-5H2,1H3,(H,12,13);/q-1;. The Morgan fingerprint density at radius 3 is 2.27 bits per heavy atom. The summed E-state index contributed by atoms with van der Waals surface area (Å²) in [5.41, 5.74) is -0.765. The molecule has 1 aliphatic carbocycles. The van der Waals surface area contributed by atoms with E-state index >= 15 is 0 Å². The van der Waals surface area contributed by atoms with Gasteiger partial charge in [0.05, 0.1) is 0 Å². The van der Waals surface area contributed by atoms with Crippen LogP contribution >= 0.6 is 0 Å². The Hall–Kier alpha value is -0.182. The molecule has 2 fully saturated rings. The number of alkyl carbamates (subject to hydrolysis) is 1. The minimum absolute atomic E-state index is 0. The van der Waals surface area contributed by atoms with Gasteiger partial charge in [-0.05, 0) is 12.8 Å². The molecule has 0 radical (unpaired) electrons. The molecular formula is C9H12F2MoNO2-. The Morgan fingerprint density at radius 1 is 1.33 bits per heavy atom. The predicted molar refractivity (Wildman–Crippen MR) is 44.7 cm³/mol. The molecule has 0 aromatic heterocycles. The molecule has 1 aliphatic heterocycles. The fraction of sp³-hybridized carbons (Fsp3) is 0.778. The zero-order valence-corrected chi connectivity index (χ0v) is 10.3. The molecule has 1 saturated heterocycles. The van der Waals surface area contributed by atoms with E-state index in [0.717, 1.165) is 0 Å². The molecule has 1 saturated carbocycles. The number of carbonyl (C=O) groups is 1. The molecule has 0 aromatic carbocycles. The third-order valence-electron chi connectivity index (χ3n) is 3.05. The van der Waals surface area contributed by atoms with E-state index in [1.807, 2.05) is 0 Å². The first-order valence-corrected chi connectivity index (χ1v) is 4.65. The Morgan fingerprint density at radius 2 is 1.87 bits per heavy atom. The molecular weight excluding hydrogens is 288 g/mol. The number of ether oxygens (including phenoxy) is 1. The molecule has 1 spiro atoms. The summed E-state index contributed by atoms with van der Waals surface area (Å²) in [6, 6.07) is 0.665. The summed E-state index contributed by atoms with van der Waals surface area (Å²) in [5, 5.41) is 2.52. The molecule has 3 nitrogen and oxygen atoms in total. The molecule has 0 unspecified atom stereocenters. The SMILES string of the molecule is C[C-]1NC(=O)OC12CCC(F)(F)CC2.[Mo]. The van der Waals surface area contributed by atoms with E-state index in [-0.39, 0.29) is 46.7 Å². The van der Waals surface area contributed by atoms with Crippen LogP contribution in [0.5, 0.6) is 0 Å². The minimum Gasteiger partial charge on any atom is -0.476 e. The van der Waals surface area contributed by atoms with Gasteiger partial charge in [0.1, 0.15) is 0 Å². The topological polar surface area (TPSA) is 38.3 Å². The van der Waals surface area contributed by atoms with Gasteiger partial charge in [0, 0.05) is 39.5 Å². The first kappa shape index (κ1) is 12.9. The summed E-state index contributed by atoms with van der Waals surface area (Å²) in [6.45, 7) is 1.72. The van der Waals surface area contributed by atoms with Gasteiger partial charge in [0.15, 0.2) is 0 Å². The van der Waals surface area contributed by atoms with Crippen molar-refractivity contribution in [1.29, 1.82) is 0 Å². The number of hydrogen-bond acceptors (Lipinski definition) is 2. The molecule has 2 aliphatic rings. The van der Waals surface area contributed by atoms with Crippen molar-refractivity contribution in [2.75, 3.05) is 0 Å². The number of alkyl halides is 2. The van der Waals surface area contributed by atoms with Crippen molar-refractivity contribution >= 4 is 6.09 Å². The van der Waals surface area contributed by atoms with E-state index in [0.29, 0.717) is 6.04 Å².